The first kappa shape index (κ1) is 25.6. The van der Waals surface area contributed by atoms with Crippen molar-refractivity contribution in [1.29, 1.82) is 0 Å². The Hall–Kier alpha value is -3.06. The maximum absolute atomic E-state index is 13.5. The van der Waals surface area contributed by atoms with Gasteiger partial charge in [-0.05, 0) is 87.1 Å². The van der Waals surface area contributed by atoms with Gasteiger partial charge in [0.2, 0.25) is 0 Å². The van der Waals surface area contributed by atoms with Crippen LogP contribution >= 0.6 is 0 Å². The Labute approximate surface area is 218 Å². The SMILES string of the molecule is COc1c([C@@H](O)CC(C)C)ccc2c1C(=O)OCc1cc(C)cc(OC(=O)[C@@]3(C)CC4CCC3C4)c1O2. The molecule has 4 atom stereocenters. The molecule has 7 heteroatoms. The Kier molecular flexibility index (Phi) is 6.69. The van der Waals surface area contributed by atoms with Gasteiger partial charge in [0.05, 0.1) is 18.6 Å². The van der Waals surface area contributed by atoms with Gasteiger partial charge in [0.15, 0.2) is 11.5 Å². The Morgan fingerprint density at radius 2 is 2.03 bits per heavy atom. The quantitative estimate of drug-likeness (QED) is 0.363. The lowest BCUT2D eigenvalue weighted by Crippen LogP contribution is -2.37. The average molecular weight is 509 g/mol. The fraction of sp³-hybridized carbons (Fsp3) is 0.533. The molecule has 7 nitrogen and oxygen atoms in total. The number of hydrogen-bond donors (Lipinski definition) is 1. The van der Waals surface area contributed by atoms with E-state index < -0.39 is 17.5 Å². The first-order valence-electron chi connectivity index (χ1n) is 13.2. The summed E-state index contributed by atoms with van der Waals surface area (Å²) in [5.74, 6) is 1.44. The second-order valence-corrected chi connectivity index (χ2v) is 11.5. The largest absolute Gasteiger partial charge is 0.495 e. The molecule has 1 aliphatic heterocycles. The van der Waals surface area contributed by atoms with Gasteiger partial charge >= 0.3 is 11.9 Å². The molecule has 0 amide bonds. The van der Waals surface area contributed by atoms with Crippen LogP contribution in [0.3, 0.4) is 0 Å². The summed E-state index contributed by atoms with van der Waals surface area (Å²) in [6.07, 6.45) is 3.88. The maximum Gasteiger partial charge on any atom is 0.346 e. The summed E-state index contributed by atoms with van der Waals surface area (Å²) in [5.41, 5.74) is 1.57. The van der Waals surface area contributed by atoms with Gasteiger partial charge in [-0.25, -0.2) is 4.79 Å². The normalized spacial score (nSPS) is 24.9. The van der Waals surface area contributed by atoms with E-state index in [2.05, 4.69) is 0 Å². The van der Waals surface area contributed by atoms with E-state index in [0.29, 0.717) is 40.9 Å². The predicted molar refractivity (Wildman–Crippen MR) is 137 cm³/mol. The number of rotatable bonds is 6. The van der Waals surface area contributed by atoms with Crippen LogP contribution in [-0.4, -0.2) is 24.2 Å². The molecule has 2 aliphatic carbocycles. The molecule has 3 aliphatic rings. The molecule has 2 saturated carbocycles. The zero-order valence-electron chi connectivity index (χ0n) is 22.3. The van der Waals surface area contributed by atoms with Crippen molar-refractivity contribution in [2.24, 2.45) is 23.2 Å². The Morgan fingerprint density at radius 3 is 2.68 bits per heavy atom. The molecule has 2 unspecified atom stereocenters. The highest BCUT2D eigenvalue weighted by Gasteiger charge is 2.53. The van der Waals surface area contributed by atoms with E-state index in [1.807, 2.05) is 33.8 Å². The molecular weight excluding hydrogens is 472 g/mol. The van der Waals surface area contributed by atoms with Crippen LogP contribution in [0.4, 0.5) is 0 Å². The van der Waals surface area contributed by atoms with Crippen molar-refractivity contribution in [3.63, 3.8) is 0 Å². The highest BCUT2D eigenvalue weighted by Crippen LogP contribution is 2.56. The molecular formula is C30H36O7. The smallest absolute Gasteiger partial charge is 0.346 e. The standard InChI is InChI=1S/C30H36O7/c1-16(2)10-22(31)21-8-9-23-25(27(21)34-5)28(32)35-15-19-11-17(3)12-24(26(19)36-23)37-29(33)30(4)14-18-6-7-20(30)13-18/h8-9,11-12,16,18,20,22,31H,6-7,10,13-15H2,1-5H3/t18?,20?,22-,30-/m0/s1. The van der Waals surface area contributed by atoms with Crippen molar-refractivity contribution in [2.45, 2.75) is 72.5 Å². The molecule has 2 aromatic carbocycles. The second-order valence-electron chi connectivity index (χ2n) is 11.5. The highest BCUT2D eigenvalue weighted by atomic mass is 16.6. The van der Waals surface area contributed by atoms with Gasteiger partial charge in [-0.3, -0.25) is 4.79 Å². The van der Waals surface area contributed by atoms with Crippen LogP contribution in [0.15, 0.2) is 24.3 Å². The molecule has 0 radical (unpaired) electrons. The van der Waals surface area contributed by atoms with Crippen molar-refractivity contribution >= 4 is 11.9 Å². The minimum absolute atomic E-state index is 0.0519. The molecule has 2 bridgehead atoms. The van der Waals surface area contributed by atoms with Gasteiger partial charge in [-0.2, -0.15) is 0 Å². The Morgan fingerprint density at radius 1 is 1.24 bits per heavy atom. The van der Waals surface area contributed by atoms with Gasteiger partial charge in [-0.15, -0.1) is 0 Å². The number of hydrogen-bond acceptors (Lipinski definition) is 7. The van der Waals surface area contributed by atoms with Crippen molar-refractivity contribution < 1.29 is 33.6 Å². The van der Waals surface area contributed by atoms with Gasteiger partial charge in [-0.1, -0.05) is 20.3 Å². The average Bonchev–Trinajstić information content (AvgIpc) is 3.43. The molecule has 1 N–H and O–H groups in total. The number of aryl methyl sites for hydroxylation is 1. The monoisotopic (exact) mass is 508 g/mol. The van der Waals surface area contributed by atoms with E-state index >= 15 is 0 Å². The van der Waals surface area contributed by atoms with E-state index in [0.717, 1.165) is 24.8 Å². The third-order valence-electron chi connectivity index (χ3n) is 8.28. The molecule has 37 heavy (non-hydrogen) atoms. The van der Waals surface area contributed by atoms with Gasteiger partial charge < -0.3 is 24.1 Å². The van der Waals surface area contributed by atoms with E-state index in [1.165, 1.54) is 13.5 Å². The molecule has 2 aromatic rings. The first-order chi connectivity index (χ1) is 17.6. The van der Waals surface area contributed by atoms with E-state index in [4.69, 9.17) is 18.9 Å². The number of fused-ring (bicyclic) bond motifs is 4. The summed E-state index contributed by atoms with van der Waals surface area (Å²) in [7, 11) is 1.45. The minimum atomic E-state index is -0.813. The van der Waals surface area contributed by atoms with Gasteiger partial charge in [0.1, 0.15) is 23.7 Å². The molecule has 198 valence electrons. The number of carbonyl (C=O) groups excluding carboxylic acids is 2. The summed E-state index contributed by atoms with van der Waals surface area (Å²) in [5, 5.41) is 10.8. The second kappa shape index (κ2) is 9.67. The first-order valence-corrected chi connectivity index (χ1v) is 13.2. The highest BCUT2D eigenvalue weighted by molar-refractivity contribution is 5.97. The van der Waals surface area contributed by atoms with Crippen LogP contribution < -0.4 is 14.2 Å². The molecule has 0 saturated heterocycles. The lowest BCUT2D eigenvalue weighted by molar-refractivity contribution is -0.148. The summed E-state index contributed by atoms with van der Waals surface area (Å²) in [6, 6.07) is 6.99. The van der Waals surface area contributed by atoms with Gasteiger partial charge in [0, 0.05) is 11.1 Å². The molecule has 1 heterocycles. The zero-order chi connectivity index (χ0) is 26.5. The van der Waals surface area contributed by atoms with Crippen LogP contribution in [0.1, 0.15) is 86.0 Å². The Bertz CT molecular complexity index is 1230. The third kappa shape index (κ3) is 4.58. The molecule has 0 aromatic heterocycles. The fourth-order valence-electron chi connectivity index (χ4n) is 6.42. The topological polar surface area (TPSA) is 91.3 Å². The number of aliphatic hydroxyl groups excluding tert-OH is 1. The van der Waals surface area contributed by atoms with E-state index in [1.54, 1.807) is 18.2 Å². The van der Waals surface area contributed by atoms with Crippen LogP contribution in [0.5, 0.6) is 23.0 Å². The number of ether oxygens (including phenoxy) is 4. The van der Waals surface area contributed by atoms with Crippen molar-refractivity contribution in [1.82, 2.24) is 0 Å². The fourth-order valence-corrected chi connectivity index (χ4v) is 6.42. The Balaban J connectivity index is 1.53. The summed E-state index contributed by atoms with van der Waals surface area (Å²) in [6.45, 7) is 7.89. The molecule has 5 rings (SSSR count). The summed E-state index contributed by atoms with van der Waals surface area (Å²) >= 11 is 0. The summed E-state index contributed by atoms with van der Waals surface area (Å²) in [4.78, 5) is 26.6. The van der Waals surface area contributed by atoms with E-state index in [9.17, 15) is 14.7 Å². The van der Waals surface area contributed by atoms with Crippen LogP contribution in [-0.2, 0) is 16.1 Å². The van der Waals surface area contributed by atoms with Crippen LogP contribution in [0.25, 0.3) is 0 Å². The number of cyclic esters (lactones) is 1. The third-order valence-corrected chi connectivity index (χ3v) is 8.28. The molecule has 2 fully saturated rings. The zero-order valence-corrected chi connectivity index (χ0v) is 22.3. The van der Waals surface area contributed by atoms with Crippen molar-refractivity contribution in [2.75, 3.05) is 7.11 Å². The maximum atomic E-state index is 13.5. The van der Waals surface area contributed by atoms with E-state index in [-0.39, 0.29) is 35.6 Å². The number of esters is 2. The number of methoxy groups -OCH3 is 1. The number of carbonyl (C=O) groups is 2. The lowest BCUT2D eigenvalue weighted by atomic mass is 9.75. The number of benzene rings is 2. The van der Waals surface area contributed by atoms with Gasteiger partial charge in [0.25, 0.3) is 0 Å². The van der Waals surface area contributed by atoms with Crippen LogP contribution in [0, 0.1) is 30.1 Å². The summed E-state index contributed by atoms with van der Waals surface area (Å²) < 4.78 is 23.6. The van der Waals surface area contributed by atoms with Crippen molar-refractivity contribution in [3.8, 4) is 23.0 Å². The molecule has 0 spiro atoms. The minimum Gasteiger partial charge on any atom is -0.495 e. The lowest BCUT2D eigenvalue weighted by Gasteiger charge is -2.31. The number of aliphatic hydroxyl groups is 1. The van der Waals surface area contributed by atoms with Crippen molar-refractivity contribution in [3.05, 3.63) is 46.5 Å². The predicted octanol–water partition coefficient (Wildman–Crippen LogP) is 6.28. The van der Waals surface area contributed by atoms with Crippen LogP contribution in [0.2, 0.25) is 0 Å².